The van der Waals surface area contributed by atoms with Crippen LogP contribution in [-0.2, 0) is 17.6 Å². The highest BCUT2D eigenvalue weighted by atomic mass is 32.2. The zero-order valence-electron chi connectivity index (χ0n) is 15.2. The predicted molar refractivity (Wildman–Crippen MR) is 107 cm³/mol. The molecule has 0 amide bonds. The summed E-state index contributed by atoms with van der Waals surface area (Å²) in [6.45, 7) is 2.15. The predicted octanol–water partition coefficient (Wildman–Crippen LogP) is 3.16. The minimum atomic E-state index is -0.353. The number of hydrogen-bond donors (Lipinski definition) is 1. The molecule has 2 heterocycles. The van der Waals surface area contributed by atoms with Crippen molar-refractivity contribution in [3.05, 3.63) is 69.6 Å². The Morgan fingerprint density at radius 1 is 1.26 bits per heavy atom. The van der Waals surface area contributed by atoms with Gasteiger partial charge in [-0.3, -0.25) is 9.36 Å². The molecule has 0 radical (unpaired) electrons. The summed E-state index contributed by atoms with van der Waals surface area (Å²) < 4.78 is 7.27. The van der Waals surface area contributed by atoms with Crippen LogP contribution in [0.25, 0.3) is 10.8 Å². The van der Waals surface area contributed by atoms with E-state index < -0.39 is 0 Å². The number of rotatable bonds is 6. The number of aromatic nitrogens is 2. The number of hydrogen-bond acceptors (Lipinski definition) is 5. The van der Waals surface area contributed by atoms with E-state index in [0.29, 0.717) is 23.8 Å². The fourth-order valence-electron chi connectivity index (χ4n) is 3.61. The highest BCUT2D eigenvalue weighted by Gasteiger charge is 2.28. The Hall–Kier alpha value is -2.15. The maximum Gasteiger partial charge on any atom is 0.259 e. The van der Waals surface area contributed by atoms with E-state index in [1.54, 1.807) is 4.57 Å². The van der Waals surface area contributed by atoms with Crippen LogP contribution in [0.4, 0.5) is 0 Å². The first-order valence-electron chi connectivity index (χ1n) is 9.19. The third-order valence-electron chi connectivity index (χ3n) is 4.90. The molecule has 140 valence electrons. The molecule has 1 unspecified atom stereocenters. The summed E-state index contributed by atoms with van der Waals surface area (Å²) in [7, 11) is 0. The molecule has 3 aromatic rings. The van der Waals surface area contributed by atoms with Crippen molar-refractivity contribution < 1.29 is 9.84 Å². The quantitative estimate of drug-likeness (QED) is 0.664. The van der Waals surface area contributed by atoms with E-state index in [4.69, 9.17) is 14.8 Å². The van der Waals surface area contributed by atoms with E-state index in [1.807, 2.05) is 19.1 Å². The van der Waals surface area contributed by atoms with Crippen LogP contribution in [0.15, 0.2) is 52.4 Å². The Morgan fingerprint density at radius 3 is 2.89 bits per heavy atom. The SMILES string of the molecule is CCc1c(Cc2cccc3ccccc23)nc2n(c1=O)C(OCCO)CS2. The number of fused-ring (bicyclic) bond motifs is 2. The van der Waals surface area contributed by atoms with Gasteiger partial charge in [0.1, 0.15) is 6.23 Å². The Morgan fingerprint density at radius 2 is 2.07 bits per heavy atom. The standard InChI is InChI=1S/C21H22N2O3S/c1-2-16-18(12-15-8-5-7-14-6-3-4-9-17(14)15)22-21-23(20(16)25)19(13-27-21)26-11-10-24/h3-9,19,24H,2,10-13H2,1H3. The van der Waals surface area contributed by atoms with Crippen LogP contribution < -0.4 is 5.56 Å². The van der Waals surface area contributed by atoms with Gasteiger partial charge in [0, 0.05) is 17.7 Å². The number of ether oxygens (including phenoxy) is 1. The van der Waals surface area contributed by atoms with Gasteiger partial charge in [-0.2, -0.15) is 0 Å². The van der Waals surface area contributed by atoms with Crippen molar-refractivity contribution in [1.82, 2.24) is 9.55 Å². The smallest absolute Gasteiger partial charge is 0.259 e. The monoisotopic (exact) mass is 382 g/mol. The van der Waals surface area contributed by atoms with Crippen LogP contribution in [0.2, 0.25) is 0 Å². The van der Waals surface area contributed by atoms with Gasteiger partial charge in [-0.05, 0) is 22.8 Å². The lowest BCUT2D eigenvalue weighted by Crippen LogP contribution is -2.30. The molecule has 2 aromatic carbocycles. The zero-order chi connectivity index (χ0) is 18.8. The van der Waals surface area contributed by atoms with E-state index in [-0.39, 0.29) is 25.0 Å². The number of aliphatic hydroxyl groups excluding tert-OH is 1. The summed E-state index contributed by atoms with van der Waals surface area (Å²) in [5.74, 6) is 0.642. The highest BCUT2D eigenvalue weighted by Crippen LogP contribution is 2.32. The van der Waals surface area contributed by atoms with Gasteiger partial charge in [-0.25, -0.2) is 4.98 Å². The summed E-state index contributed by atoms with van der Waals surface area (Å²) in [4.78, 5) is 17.9. The Balaban J connectivity index is 1.76. The molecule has 0 bridgehead atoms. The van der Waals surface area contributed by atoms with Gasteiger partial charge in [0.05, 0.1) is 18.9 Å². The molecule has 1 aromatic heterocycles. The number of aliphatic hydroxyl groups is 1. The van der Waals surface area contributed by atoms with Crippen molar-refractivity contribution in [2.75, 3.05) is 19.0 Å². The average molecular weight is 382 g/mol. The molecular formula is C21H22N2O3S. The Bertz CT molecular complexity index is 1030. The van der Waals surface area contributed by atoms with Gasteiger partial charge >= 0.3 is 0 Å². The van der Waals surface area contributed by atoms with Crippen molar-refractivity contribution in [3.8, 4) is 0 Å². The van der Waals surface area contributed by atoms with Crippen LogP contribution in [0.1, 0.15) is 30.0 Å². The summed E-state index contributed by atoms with van der Waals surface area (Å²) in [5, 5.41) is 12.1. The lowest BCUT2D eigenvalue weighted by atomic mass is 9.98. The summed E-state index contributed by atoms with van der Waals surface area (Å²) >= 11 is 1.53. The Kier molecular flexibility index (Phi) is 5.29. The van der Waals surface area contributed by atoms with Crippen molar-refractivity contribution in [3.63, 3.8) is 0 Å². The van der Waals surface area contributed by atoms with Crippen LogP contribution in [0.3, 0.4) is 0 Å². The molecule has 0 saturated heterocycles. The zero-order valence-corrected chi connectivity index (χ0v) is 16.0. The Labute approximate surface area is 162 Å². The maximum absolute atomic E-state index is 13.1. The topological polar surface area (TPSA) is 64.4 Å². The van der Waals surface area contributed by atoms with Crippen LogP contribution >= 0.6 is 11.8 Å². The molecule has 4 rings (SSSR count). The van der Waals surface area contributed by atoms with Crippen LogP contribution in [-0.4, -0.2) is 33.6 Å². The molecule has 0 fully saturated rings. The number of thioether (sulfide) groups is 1. The van der Waals surface area contributed by atoms with Crippen molar-refractivity contribution in [2.24, 2.45) is 0 Å². The molecular weight excluding hydrogens is 360 g/mol. The first-order chi connectivity index (χ1) is 13.2. The van der Waals surface area contributed by atoms with Gasteiger partial charge in [0.2, 0.25) is 0 Å². The van der Waals surface area contributed by atoms with Crippen LogP contribution in [0, 0.1) is 0 Å². The summed E-state index contributed by atoms with van der Waals surface area (Å²) in [6.07, 6.45) is 0.911. The molecule has 5 nitrogen and oxygen atoms in total. The molecule has 6 heteroatoms. The first-order valence-corrected chi connectivity index (χ1v) is 10.2. The largest absolute Gasteiger partial charge is 0.394 e. The second kappa shape index (κ2) is 7.84. The normalized spacial score (nSPS) is 16.0. The van der Waals surface area contributed by atoms with E-state index in [0.717, 1.165) is 11.3 Å². The average Bonchev–Trinajstić information content (AvgIpc) is 3.10. The second-order valence-corrected chi connectivity index (χ2v) is 7.51. The molecule has 1 N–H and O–H groups in total. The first kappa shape index (κ1) is 18.2. The van der Waals surface area contributed by atoms with E-state index in [2.05, 4.69) is 30.3 Å². The molecule has 0 saturated carbocycles. The third kappa shape index (κ3) is 3.40. The van der Waals surface area contributed by atoms with Crippen molar-refractivity contribution in [1.29, 1.82) is 0 Å². The number of nitrogens with zero attached hydrogens (tertiary/aromatic N) is 2. The van der Waals surface area contributed by atoms with Crippen molar-refractivity contribution in [2.45, 2.75) is 31.1 Å². The fraction of sp³-hybridized carbons (Fsp3) is 0.333. The van der Waals surface area contributed by atoms with Gasteiger partial charge in [0.25, 0.3) is 5.56 Å². The van der Waals surface area contributed by atoms with E-state index >= 15 is 0 Å². The summed E-state index contributed by atoms with van der Waals surface area (Å²) in [6, 6.07) is 14.5. The molecule has 1 atom stereocenters. The molecule has 0 aliphatic carbocycles. The van der Waals surface area contributed by atoms with Gasteiger partial charge in [-0.1, -0.05) is 61.2 Å². The van der Waals surface area contributed by atoms with E-state index in [1.165, 1.54) is 28.1 Å². The van der Waals surface area contributed by atoms with Gasteiger partial charge < -0.3 is 9.84 Å². The highest BCUT2D eigenvalue weighted by molar-refractivity contribution is 7.99. The molecule has 27 heavy (non-hydrogen) atoms. The molecule has 1 aliphatic rings. The maximum atomic E-state index is 13.1. The number of benzene rings is 2. The lowest BCUT2D eigenvalue weighted by molar-refractivity contribution is -0.00377. The van der Waals surface area contributed by atoms with Crippen LogP contribution in [0.5, 0.6) is 0 Å². The minimum absolute atomic E-state index is 0.0225. The molecule has 0 spiro atoms. The molecule has 1 aliphatic heterocycles. The van der Waals surface area contributed by atoms with Gasteiger partial charge in [0.15, 0.2) is 5.16 Å². The fourth-order valence-corrected chi connectivity index (χ4v) is 4.66. The second-order valence-electron chi connectivity index (χ2n) is 6.52. The van der Waals surface area contributed by atoms with E-state index in [9.17, 15) is 4.79 Å². The van der Waals surface area contributed by atoms with Crippen molar-refractivity contribution >= 4 is 22.5 Å². The third-order valence-corrected chi connectivity index (χ3v) is 5.90. The minimum Gasteiger partial charge on any atom is -0.394 e. The summed E-state index contributed by atoms with van der Waals surface area (Å²) in [5.41, 5.74) is 2.74. The van der Waals surface area contributed by atoms with Gasteiger partial charge in [-0.15, -0.1) is 0 Å². The lowest BCUT2D eigenvalue weighted by Gasteiger charge is -2.16.